The summed E-state index contributed by atoms with van der Waals surface area (Å²) >= 11 is 3.47. The molecule has 0 spiro atoms. The van der Waals surface area contributed by atoms with E-state index < -0.39 is 5.60 Å². The number of rotatable bonds is 7. The van der Waals surface area contributed by atoms with Crippen LogP contribution in [0.5, 0.6) is 0 Å². The number of nitrogens with zero attached hydrogens (tertiary/aromatic N) is 2. The first-order valence-electron chi connectivity index (χ1n) is 9.56. The van der Waals surface area contributed by atoms with Crippen molar-refractivity contribution in [2.45, 2.75) is 45.4 Å². The molecule has 0 aromatic carbocycles. The first kappa shape index (κ1) is 20.3. The zero-order chi connectivity index (χ0) is 19.3. The minimum Gasteiger partial charge on any atom is -0.383 e. The van der Waals surface area contributed by atoms with Crippen molar-refractivity contribution >= 4 is 28.6 Å². The second-order valence-electron chi connectivity index (χ2n) is 7.30. The van der Waals surface area contributed by atoms with Gasteiger partial charge in [0.2, 0.25) is 0 Å². The Morgan fingerprint density at radius 1 is 1.37 bits per heavy atom. The highest BCUT2D eigenvalue weighted by Gasteiger charge is 2.24. The van der Waals surface area contributed by atoms with Crippen LogP contribution in [0.15, 0.2) is 33.3 Å². The topological polar surface area (TPSA) is 59.9 Å². The highest BCUT2D eigenvalue weighted by molar-refractivity contribution is 7.10. The van der Waals surface area contributed by atoms with E-state index in [1.807, 2.05) is 35.1 Å². The van der Waals surface area contributed by atoms with Crippen molar-refractivity contribution in [2.75, 3.05) is 26.2 Å². The van der Waals surface area contributed by atoms with Crippen molar-refractivity contribution in [3.8, 4) is 0 Å². The predicted molar refractivity (Wildman–Crippen MR) is 116 cm³/mol. The second kappa shape index (κ2) is 9.19. The summed E-state index contributed by atoms with van der Waals surface area (Å²) in [6, 6.07) is 4.63. The highest BCUT2D eigenvalue weighted by Crippen LogP contribution is 2.25. The lowest BCUT2D eigenvalue weighted by Crippen LogP contribution is -2.47. The highest BCUT2D eigenvalue weighted by atomic mass is 32.1. The Morgan fingerprint density at radius 2 is 2.22 bits per heavy atom. The van der Waals surface area contributed by atoms with Crippen LogP contribution in [0, 0.1) is 0 Å². The summed E-state index contributed by atoms with van der Waals surface area (Å²) in [5.41, 5.74) is 1.45. The predicted octanol–water partition coefficient (Wildman–Crippen LogP) is 3.02. The van der Waals surface area contributed by atoms with E-state index in [1.54, 1.807) is 11.3 Å². The fourth-order valence-corrected chi connectivity index (χ4v) is 4.93. The van der Waals surface area contributed by atoms with E-state index in [0.29, 0.717) is 12.6 Å². The van der Waals surface area contributed by atoms with Crippen molar-refractivity contribution in [3.05, 3.63) is 44.3 Å². The molecule has 27 heavy (non-hydrogen) atoms. The molecule has 0 bridgehead atoms. The van der Waals surface area contributed by atoms with Crippen LogP contribution in [0.1, 0.15) is 36.8 Å². The molecule has 2 unspecified atom stereocenters. The molecule has 5 nitrogen and oxygen atoms in total. The number of aliphatic hydroxyl groups is 1. The number of hydrogen-bond acceptors (Lipinski definition) is 5. The minimum absolute atomic E-state index is 0.329. The molecule has 2 atom stereocenters. The fourth-order valence-electron chi connectivity index (χ4n) is 3.26. The lowest BCUT2D eigenvalue weighted by molar-refractivity contribution is 0.0677. The largest absolute Gasteiger partial charge is 0.383 e. The lowest BCUT2D eigenvalue weighted by atomic mass is 10.00. The summed E-state index contributed by atoms with van der Waals surface area (Å²) in [5.74, 6) is 0.757. The van der Waals surface area contributed by atoms with Gasteiger partial charge in [0.1, 0.15) is 5.60 Å². The minimum atomic E-state index is -0.948. The van der Waals surface area contributed by atoms with Crippen molar-refractivity contribution in [1.29, 1.82) is 0 Å². The maximum atomic E-state index is 10.7. The van der Waals surface area contributed by atoms with Crippen LogP contribution in [-0.4, -0.2) is 48.2 Å². The molecule has 3 heterocycles. The summed E-state index contributed by atoms with van der Waals surface area (Å²) in [5, 5.41) is 23.6. The first-order chi connectivity index (χ1) is 13.0. The molecule has 1 aliphatic rings. The Balaban J connectivity index is 1.55. The molecule has 2 aromatic rings. The Morgan fingerprint density at radius 3 is 2.96 bits per heavy atom. The molecule has 0 saturated heterocycles. The molecule has 0 saturated carbocycles. The molecular weight excluding hydrogens is 376 g/mol. The molecule has 0 fully saturated rings. The molecule has 148 valence electrons. The fraction of sp³-hybridized carbons (Fsp3) is 0.550. The second-order valence-corrected chi connectivity index (χ2v) is 9.08. The van der Waals surface area contributed by atoms with Gasteiger partial charge in [-0.2, -0.15) is 11.3 Å². The maximum Gasteiger partial charge on any atom is 0.191 e. The van der Waals surface area contributed by atoms with Gasteiger partial charge in [0, 0.05) is 37.1 Å². The molecule has 0 radical (unpaired) electrons. The van der Waals surface area contributed by atoms with Gasteiger partial charge in [0.05, 0.1) is 6.54 Å². The summed E-state index contributed by atoms with van der Waals surface area (Å²) in [7, 11) is 0. The normalized spacial score (nSPS) is 18.6. The van der Waals surface area contributed by atoms with Crippen LogP contribution in [0.25, 0.3) is 0 Å². The average Bonchev–Trinajstić information content (AvgIpc) is 3.35. The van der Waals surface area contributed by atoms with Crippen LogP contribution in [0.4, 0.5) is 0 Å². The summed E-state index contributed by atoms with van der Waals surface area (Å²) in [6.45, 7) is 10.2. The van der Waals surface area contributed by atoms with E-state index in [2.05, 4.69) is 45.8 Å². The number of nitrogens with one attached hydrogen (secondary N) is 2. The standard InChI is InChI=1S/C20H30N4OS2/c1-4-21-19(23-14-20(3,25)17-7-9-26-13-17)22-11-15(2)24-8-5-18-16(12-24)6-10-27-18/h6-7,9-10,13,15,25H,4-5,8,11-12,14H2,1-3H3,(H2,21,22,23). The zero-order valence-electron chi connectivity index (χ0n) is 16.4. The Hall–Kier alpha value is -1.41. The zero-order valence-corrected chi connectivity index (χ0v) is 18.0. The third kappa shape index (κ3) is 5.31. The van der Waals surface area contributed by atoms with Crippen LogP contribution >= 0.6 is 22.7 Å². The first-order valence-corrected chi connectivity index (χ1v) is 11.4. The van der Waals surface area contributed by atoms with Gasteiger partial charge in [-0.1, -0.05) is 0 Å². The number of guanidine groups is 1. The Bertz CT molecular complexity index is 739. The average molecular weight is 407 g/mol. The van der Waals surface area contributed by atoms with Gasteiger partial charge < -0.3 is 15.7 Å². The van der Waals surface area contributed by atoms with Crippen LogP contribution < -0.4 is 10.6 Å². The summed E-state index contributed by atoms with van der Waals surface area (Å²) < 4.78 is 0. The smallest absolute Gasteiger partial charge is 0.191 e. The van der Waals surface area contributed by atoms with E-state index >= 15 is 0 Å². The number of thiophene rings is 2. The van der Waals surface area contributed by atoms with Gasteiger partial charge in [-0.05, 0) is 66.6 Å². The summed E-state index contributed by atoms with van der Waals surface area (Å²) in [4.78, 5) is 8.68. The van der Waals surface area contributed by atoms with Gasteiger partial charge in [0.15, 0.2) is 5.96 Å². The van der Waals surface area contributed by atoms with Crippen molar-refractivity contribution < 1.29 is 5.11 Å². The molecule has 3 rings (SSSR count). The van der Waals surface area contributed by atoms with Crippen LogP contribution in [0.3, 0.4) is 0 Å². The molecule has 0 amide bonds. The van der Waals surface area contributed by atoms with Crippen LogP contribution in [-0.2, 0) is 18.6 Å². The van der Waals surface area contributed by atoms with E-state index in [9.17, 15) is 5.11 Å². The molecule has 0 aliphatic carbocycles. The molecule has 7 heteroatoms. The van der Waals surface area contributed by atoms with E-state index in [4.69, 9.17) is 0 Å². The Kier molecular flexibility index (Phi) is 6.92. The number of fused-ring (bicyclic) bond motifs is 1. The van der Waals surface area contributed by atoms with Gasteiger partial charge >= 0.3 is 0 Å². The van der Waals surface area contributed by atoms with E-state index in [0.717, 1.165) is 44.1 Å². The van der Waals surface area contributed by atoms with E-state index in [1.165, 1.54) is 10.4 Å². The Labute approximate surface area is 170 Å². The summed E-state index contributed by atoms with van der Waals surface area (Å²) in [6.07, 6.45) is 1.15. The molecule has 1 aliphatic heterocycles. The maximum absolute atomic E-state index is 10.7. The van der Waals surface area contributed by atoms with Gasteiger partial charge in [-0.3, -0.25) is 4.90 Å². The number of hydrogen-bond donors (Lipinski definition) is 3. The van der Waals surface area contributed by atoms with Crippen molar-refractivity contribution in [1.82, 2.24) is 15.5 Å². The SMILES string of the molecule is CCNC(=NCC(C)(O)c1ccsc1)NCC(C)N1CCc2sccc2C1. The number of aliphatic imine (C=N–C) groups is 1. The van der Waals surface area contributed by atoms with E-state index in [-0.39, 0.29) is 0 Å². The third-order valence-corrected chi connectivity index (χ3v) is 6.76. The van der Waals surface area contributed by atoms with Crippen molar-refractivity contribution in [2.24, 2.45) is 4.99 Å². The molecule has 2 aromatic heterocycles. The van der Waals surface area contributed by atoms with Gasteiger partial charge in [-0.15, -0.1) is 11.3 Å². The third-order valence-electron chi connectivity index (χ3n) is 5.06. The molecular formula is C20H30N4OS2. The monoisotopic (exact) mass is 406 g/mol. The molecule has 3 N–H and O–H groups in total. The van der Waals surface area contributed by atoms with Gasteiger partial charge in [0.25, 0.3) is 0 Å². The van der Waals surface area contributed by atoms with Crippen LogP contribution in [0.2, 0.25) is 0 Å². The quantitative estimate of drug-likeness (QED) is 0.489. The lowest BCUT2D eigenvalue weighted by Gasteiger charge is -2.33. The van der Waals surface area contributed by atoms with Crippen molar-refractivity contribution in [3.63, 3.8) is 0 Å². The van der Waals surface area contributed by atoms with Gasteiger partial charge in [-0.25, -0.2) is 4.99 Å².